The van der Waals surface area contributed by atoms with E-state index < -0.39 is 5.41 Å². The van der Waals surface area contributed by atoms with Gasteiger partial charge in [0.1, 0.15) is 0 Å². The van der Waals surface area contributed by atoms with Crippen LogP contribution in [0.5, 0.6) is 28.7 Å². The van der Waals surface area contributed by atoms with Crippen LogP contribution in [-0.4, -0.2) is 67.2 Å². The molecule has 0 aliphatic carbocycles. The lowest BCUT2D eigenvalue weighted by Gasteiger charge is -2.35. The molecule has 0 aliphatic heterocycles. The van der Waals surface area contributed by atoms with Gasteiger partial charge in [-0.1, -0.05) is 19.9 Å². The Balaban J connectivity index is 2.18. The molecule has 0 aromatic heterocycles. The third-order valence-corrected chi connectivity index (χ3v) is 7.15. The Labute approximate surface area is 217 Å². The second kappa shape index (κ2) is 12.7. The van der Waals surface area contributed by atoms with Gasteiger partial charge in [0.2, 0.25) is 5.75 Å². The summed E-state index contributed by atoms with van der Waals surface area (Å²) in [5.74, 6) is 3.26. The predicted molar refractivity (Wildman–Crippen MR) is 143 cm³/mol. The summed E-state index contributed by atoms with van der Waals surface area (Å²) in [6.45, 7) is 6.13. The average Bonchev–Trinajstić information content (AvgIpc) is 2.88. The van der Waals surface area contributed by atoms with E-state index in [1.807, 2.05) is 24.3 Å². The third kappa shape index (κ3) is 6.55. The highest BCUT2D eigenvalue weighted by Crippen LogP contribution is 2.45. The van der Waals surface area contributed by atoms with E-state index in [4.69, 9.17) is 23.7 Å². The molecule has 1 unspecified atom stereocenters. The van der Waals surface area contributed by atoms with Gasteiger partial charge in [-0.05, 0) is 54.2 Å². The molecule has 1 atom stereocenters. The molecule has 2 rings (SSSR count). The van der Waals surface area contributed by atoms with Gasteiger partial charge in [0.05, 0.1) is 74.2 Å². The fraction of sp³-hybridized carbons (Fsp3) is 0.552. The molecule has 2 aromatic carbocycles. The molecular formula is C29H43N2O5+. The van der Waals surface area contributed by atoms with Crippen molar-refractivity contribution in [2.45, 2.75) is 38.5 Å². The first kappa shape index (κ1) is 29.1. The Morgan fingerprint density at radius 3 is 1.86 bits per heavy atom. The van der Waals surface area contributed by atoms with Crippen LogP contribution in [0, 0.1) is 17.2 Å². The standard InChI is InChI=1S/C29H43N2O5/c1-21(2)29(20-30,23-18-26(34-7)28(36-9)27(19-23)35-8)14-10-15-31(3,4)16-13-22-11-12-24(32-5)25(17-22)33-6/h11-12,17-19,21H,10,13-16H2,1-9H3/q+1. The van der Waals surface area contributed by atoms with E-state index in [1.165, 1.54) is 5.56 Å². The lowest BCUT2D eigenvalue weighted by atomic mass is 9.69. The van der Waals surface area contributed by atoms with E-state index in [0.717, 1.165) is 53.9 Å². The van der Waals surface area contributed by atoms with Crippen LogP contribution in [0.25, 0.3) is 0 Å². The van der Waals surface area contributed by atoms with Crippen LogP contribution in [0.3, 0.4) is 0 Å². The smallest absolute Gasteiger partial charge is 0.203 e. The summed E-state index contributed by atoms with van der Waals surface area (Å²) in [6, 6.07) is 12.6. The number of quaternary nitrogens is 1. The number of rotatable bonds is 14. The first-order valence-corrected chi connectivity index (χ1v) is 12.4. The first-order valence-electron chi connectivity index (χ1n) is 12.4. The van der Waals surface area contributed by atoms with Crippen molar-refractivity contribution in [1.29, 1.82) is 5.26 Å². The SMILES string of the molecule is COc1ccc(CC[N+](C)(C)CCCC(C#N)(c2cc(OC)c(OC)c(OC)c2)C(C)C)cc1OC. The maximum absolute atomic E-state index is 10.4. The van der Waals surface area contributed by atoms with E-state index >= 15 is 0 Å². The molecule has 7 heteroatoms. The number of ether oxygens (including phenoxy) is 5. The Morgan fingerprint density at radius 1 is 0.806 bits per heavy atom. The summed E-state index contributed by atoms with van der Waals surface area (Å²) >= 11 is 0. The van der Waals surface area contributed by atoms with Crippen LogP contribution in [0.1, 0.15) is 37.8 Å². The van der Waals surface area contributed by atoms with Crippen LogP contribution in [0.4, 0.5) is 0 Å². The van der Waals surface area contributed by atoms with E-state index in [-0.39, 0.29) is 5.92 Å². The number of methoxy groups -OCH3 is 5. The topological polar surface area (TPSA) is 69.9 Å². The highest BCUT2D eigenvalue weighted by atomic mass is 16.5. The van der Waals surface area contributed by atoms with E-state index in [0.29, 0.717) is 17.2 Å². The van der Waals surface area contributed by atoms with Gasteiger partial charge in [0.15, 0.2) is 23.0 Å². The van der Waals surface area contributed by atoms with Crippen LogP contribution < -0.4 is 23.7 Å². The van der Waals surface area contributed by atoms with Gasteiger partial charge >= 0.3 is 0 Å². The molecule has 7 nitrogen and oxygen atoms in total. The number of likely N-dealkylation sites (N-methyl/N-ethyl adjacent to an activating group) is 1. The van der Waals surface area contributed by atoms with Crippen molar-refractivity contribution in [3.05, 3.63) is 41.5 Å². The van der Waals surface area contributed by atoms with Gasteiger partial charge in [0, 0.05) is 6.42 Å². The van der Waals surface area contributed by atoms with Crippen molar-refractivity contribution < 1.29 is 28.2 Å². The van der Waals surface area contributed by atoms with Crippen molar-refractivity contribution in [1.82, 2.24) is 0 Å². The minimum atomic E-state index is -0.670. The Hall–Kier alpha value is -3.11. The lowest BCUT2D eigenvalue weighted by Crippen LogP contribution is -2.43. The summed E-state index contributed by atoms with van der Waals surface area (Å²) in [6.07, 6.45) is 2.56. The maximum Gasteiger partial charge on any atom is 0.203 e. The first-order chi connectivity index (χ1) is 17.1. The van der Waals surface area contributed by atoms with Crippen molar-refractivity contribution in [3.63, 3.8) is 0 Å². The number of hydrogen-bond donors (Lipinski definition) is 0. The lowest BCUT2D eigenvalue weighted by molar-refractivity contribution is -0.890. The van der Waals surface area contributed by atoms with Crippen molar-refractivity contribution >= 4 is 0 Å². The molecule has 0 radical (unpaired) electrons. The van der Waals surface area contributed by atoms with Crippen molar-refractivity contribution in [2.24, 2.45) is 5.92 Å². The quantitative estimate of drug-likeness (QED) is 0.331. The average molecular weight is 500 g/mol. The number of nitrogens with zero attached hydrogens (tertiary/aromatic N) is 2. The molecule has 0 heterocycles. The number of hydrogen-bond acceptors (Lipinski definition) is 6. The molecular weight excluding hydrogens is 456 g/mol. The zero-order valence-corrected chi connectivity index (χ0v) is 23.4. The molecule has 0 amide bonds. The predicted octanol–water partition coefficient (Wildman–Crippen LogP) is 5.25. The molecule has 0 saturated carbocycles. The van der Waals surface area contributed by atoms with E-state index in [9.17, 15) is 5.26 Å². The van der Waals surface area contributed by atoms with Crippen LogP contribution >= 0.6 is 0 Å². The van der Waals surface area contributed by atoms with Gasteiger partial charge in [-0.15, -0.1) is 0 Å². The second-order valence-electron chi connectivity index (χ2n) is 10.1. The fourth-order valence-electron chi connectivity index (χ4n) is 4.72. The normalized spacial score (nSPS) is 13.0. The molecule has 2 aromatic rings. The Kier molecular flexibility index (Phi) is 10.3. The third-order valence-electron chi connectivity index (χ3n) is 7.15. The van der Waals surface area contributed by atoms with Crippen molar-refractivity contribution in [3.8, 4) is 34.8 Å². The van der Waals surface area contributed by atoms with E-state index in [1.54, 1.807) is 35.5 Å². The molecule has 198 valence electrons. The largest absolute Gasteiger partial charge is 0.493 e. The molecule has 0 fully saturated rings. The molecule has 0 bridgehead atoms. The van der Waals surface area contributed by atoms with Crippen molar-refractivity contribution in [2.75, 3.05) is 62.7 Å². The Morgan fingerprint density at radius 2 is 1.39 bits per heavy atom. The highest BCUT2D eigenvalue weighted by molar-refractivity contribution is 5.56. The minimum Gasteiger partial charge on any atom is -0.493 e. The molecule has 0 aliphatic rings. The highest BCUT2D eigenvalue weighted by Gasteiger charge is 2.38. The zero-order chi connectivity index (χ0) is 26.9. The van der Waals surface area contributed by atoms with Crippen LogP contribution in [0.15, 0.2) is 30.3 Å². The zero-order valence-electron chi connectivity index (χ0n) is 23.4. The molecule has 36 heavy (non-hydrogen) atoms. The van der Waals surface area contributed by atoms with Gasteiger partial charge in [0.25, 0.3) is 0 Å². The number of nitriles is 1. The summed E-state index contributed by atoms with van der Waals surface area (Å²) in [5.41, 5.74) is 1.44. The van der Waals surface area contributed by atoms with Gasteiger partial charge in [-0.25, -0.2) is 0 Å². The number of benzene rings is 2. The molecule has 0 spiro atoms. The fourth-order valence-corrected chi connectivity index (χ4v) is 4.72. The summed E-state index contributed by atoms with van der Waals surface area (Å²) in [5, 5.41) is 10.4. The summed E-state index contributed by atoms with van der Waals surface area (Å²) in [7, 11) is 12.6. The maximum atomic E-state index is 10.4. The summed E-state index contributed by atoms with van der Waals surface area (Å²) in [4.78, 5) is 0. The van der Waals surface area contributed by atoms with Gasteiger partial charge in [-0.2, -0.15) is 5.26 Å². The van der Waals surface area contributed by atoms with Gasteiger partial charge in [-0.3, -0.25) is 0 Å². The van der Waals surface area contributed by atoms with Gasteiger partial charge < -0.3 is 28.2 Å². The summed E-state index contributed by atoms with van der Waals surface area (Å²) < 4.78 is 28.3. The molecule has 0 saturated heterocycles. The monoisotopic (exact) mass is 499 g/mol. The van der Waals surface area contributed by atoms with Crippen LogP contribution in [0.2, 0.25) is 0 Å². The van der Waals surface area contributed by atoms with Crippen LogP contribution in [-0.2, 0) is 11.8 Å². The second-order valence-corrected chi connectivity index (χ2v) is 10.1. The Bertz CT molecular complexity index is 1020. The van der Waals surface area contributed by atoms with E-state index in [2.05, 4.69) is 40.1 Å². The molecule has 0 N–H and O–H groups in total. The minimum absolute atomic E-state index is 0.104.